The Balaban J connectivity index is 1.40. The first-order valence-electron chi connectivity index (χ1n) is 10.3. The first-order valence-corrected chi connectivity index (χ1v) is 14.0. The third kappa shape index (κ3) is 4.60. The number of aromatic nitrogens is 3. The fourth-order valence-electron chi connectivity index (χ4n) is 4.32. The van der Waals surface area contributed by atoms with Crippen LogP contribution >= 0.6 is 23.1 Å². The molecule has 0 spiro atoms. The lowest BCUT2D eigenvalue weighted by molar-refractivity contribution is -0.120. The molecule has 1 saturated heterocycles. The number of nitrogens with one attached hydrogen (secondary N) is 1. The molecule has 1 fully saturated rings. The zero-order valence-corrected chi connectivity index (χ0v) is 20.1. The predicted octanol–water partition coefficient (Wildman–Crippen LogP) is 2.84. The van der Waals surface area contributed by atoms with Crippen LogP contribution < -0.4 is 5.32 Å². The number of amides is 1. The van der Waals surface area contributed by atoms with Crippen LogP contribution in [-0.2, 0) is 34.5 Å². The van der Waals surface area contributed by atoms with Crippen LogP contribution in [0.25, 0.3) is 10.7 Å². The SMILES string of the molecule is CC[C@@H]1CCc2sc(-c3nnc(SCC(=O)N[C@@]4(C)CCS(=O)(=O)C4)n3C)cc2C1. The smallest absolute Gasteiger partial charge is 0.230 e. The van der Waals surface area contributed by atoms with Crippen molar-refractivity contribution in [1.82, 2.24) is 20.1 Å². The van der Waals surface area contributed by atoms with E-state index in [2.05, 4.69) is 28.5 Å². The molecule has 164 valence electrons. The highest BCUT2D eigenvalue weighted by Crippen LogP contribution is 2.38. The van der Waals surface area contributed by atoms with Gasteiger partial charge in [0.1, 0.15) is 0 Å². The van der Waals surface area contributed by atoms with E-state index in [1.807, 2.05) is 11.6 Å². The van der Waals surface area contributed by atoms with Gasteiger partial charge in [-0.15, -0.1) is 21.5 Å². The molecule has 0 radical (unpaired) electrons. The lowest BCUT2D eigenvalue weighted by Crippen LogP contribution is -2.47. The highest BCUT2D eigenvalue weighted by molar-refractivity contribution is 7.99. The third-order valence-electron chi connectivity index (χ3n) is 6.09. The van der Waals surface area contributed by atoms with E-state index < -0.39 is 15.4 Å². The molecule has 30 heavy (non-hydrogen) atoms. The highest BCUT2D eigenvalue weighted by Gasteiger charge is 2.39. The minimum atomic E-state index is -3.05. The van der Waals surface area contributed by atoms with Crippen LogP contribution in [0.3, 0.4) is 0 Å². The molecular formula is C20H28N4O3S3. The summed E-state index contributed by atoms with van der Waals surface area (Å²) in [6.07, 6.45) is 5.24. The van der Waals surface area contributed by atoms with Gasteiger partial charge in [-0.1, -0.05) is 25.1 Å². The molecule has 4 rings (SSSR count). The number of aryl methyl sites for hydroxylation is 1. The molecule has 0 aromatic carbocycles. The van der Waals surface area contributed by atoms with Gasteiger partial charge >= 0.3 is 0 Å². The zero-order chi connectivity index (χ0) is 21.5. The summed E-state index contributed by atoms with van der Waals surface area (Å²) >= 11 is 3.13. The Kier molecular flexibility index (Phi) is 6.02. The number of rotatable bonds is 6. The van der Waals surface area contributed by atoms with E-state index in [1.165, 1.54) is 35.0 Å². The maximum atomic E-state index is 12.4. The number of fused-ring (bicyclic) bond motifs is 1. The molecule has 2 aliphatic rings. The second-order valence-corrected chi connectivity index (χ2v) is 12.9. The van der Waals surface area contributed by atoms with Crippen LogP contribution in [0.2, 0.25) is 0 Å². The predicted molar refractivity (Wildman–Crippen MR) is 121 cm³/mol. The van der Waals surface area contributed by atoms with Crippen molar-refractivity contribution in [3.05, 3.63) is 16.5 Å². The van der Waals surface area contributed by atoms with Gasteiger partial charge in [-0.3, -0.25) is 4.79 Å². The Morgan fingerprint density at radius 2 is 2.23 bits per heavy atom. The Hall–Kier alpha value is -1.39. The molecule has 1 aliphatic heterocycles. The Bertz CT molecular complexity index is 1060. The van der Waals surface area contributed by atoms with Crippen molar-refractivity contribution < 1.29 is 13.2 Å². The molecule has 0 unspecified atom stereocenters. The lowest BCUT2D eigenvalue weighted by atomic mass is 9.87. The largest absolute Gasteiger partial charge is 0.349 e. The molecule has 1 aliphatic carbocycles. The molecule has 0 saturated carbocycles. The summed E-state index contributed by atoms with van der Waals surface area (Å²) in [6.45, 7) is 4.06. The van der Waals surface area contributed by atoms with Crippen molar-refractivity contribution in [2.24, 2.45) is 13.0 Å². The number of hydrogen-bond donors (Lipinski definition) is 1. The van der Waals surface area contributed by atoms with Crippen LogP contribution in [0.1, 0.15) is 43.6 Å². The van der Waals surface area contributed by atoms with Crippen molar-refractivity contribution >= 4 is 38.8 Å². The number of thioether (sulfide) groups is 1. The zero-order valence-electron chi connectivity index (χ0n) is 17.6. The van der Waals surface area contributed by atoms with E-state index in [0.29, 0.717) is 11.6 Å². The van der Waals surface area contributed by atoms with Crippen molar-refractivity contribution in [1.29, 1.82) is 0 Å². The van der Waals surface area contributed by atoms with Gasteiger partial charge in [0.05, 0.1) is 27.7 Å². The quantitative estimate of drug-likeness (QED) is 0.655. The summed E-state index contributed by atoms with van der Waals surface area (Å²) in [6, 6.07) is 2.26. The van der Waals surface area contributed by atoms with Gasteiger partial charge in [-0.25, -0.2) is 8.42 Å². The Morgan fingerprint density at radius 3 is 2.93 bits per heavy atom. The van der Waals surface area contributed by atoms with Crippen molar-refractivity contribution in [3.63, 3.8) is 0 Å². The summed E-state index contributed by atoms with van der Waals surface area (Å²) in [7, 11) is -1.13. The fourth-order valence-corrected chi connectivity index (χ4v) is 8.36. The topological polar surface area (TPSA) is 94.0 Å². The maximum Gasteiger partial charge on any atom is 0.230 e. The summed E-state index contributed by atoms with van der Waals surface area (Å²) in [4.78, 5) is 15.0. The second kappa shape index (κ2) is 8.27. The van der Waals surface area contributed by atoms with Crippen LogP contribution in [0.5, 0.6) is 0 Å². The van der Waals surface area contributed by atoms with Gasteiger partial charge in [-0.05, 0) is 50.2 Å². The van der Waals surface area contributed by atoms with Gasteiger partial charge in [0.25, 0.3) is 0 Å². The van der Waals surface area contributed by atoms with Crippen molar-refractivity contribution in [2.75, 3.05) is 17.3 Å². The minimum absolute atomic E-state index is 0.00640. The number of hydrogen-bond acceptors (Lipinski definition) is 7. The molecule has 1 amide bonds. The second-order valence-electron chi connectivity index (χ2n) is 8.68. The van der Waals surface area contributed by atoms with Gasteiger partial charge in [0.2, 0.25) is 5.91 Å². The molecule has 10 heteroatoms. The summed E-state index contributed by atoms with van der Waals surface area (Å²) in [5, 5.41) is 12.2. The first-order chi connectivity index (χ1) is 14.2. The van der Waals surface area contributed by atoms with E-state index in [4.69, 9.17) is 0 Å². The summed E-state index contributed by atoms with van der Waals surface area (Å²) in [5.74, 6) is 1.75. The normalized spacial score (nSPS) is 25.2. The van der Waals surface area contributed by atoms with Gasteiger partial charge in [0.15, 0.2) is 20.8 Å². The number of carbonyl (C=O) groups is 1. The molecule has 2 atom stereocenters. The monoisotopic (exact) mass is 468 g/mol. The average Bonchev–Trinajstić information content (AvgIpc) is 3.34. The van der Waals surface area contributed by atoms with Crippen LogP contribution in [0.15, 0.2) is 11.2 Å². The van der Waals surface area contributed by atoms with E-state index in [-0.39, 0.29) is 23.2 Å². The van der Waals surface area contributed by atoms with Crippen LogP contribution in [-0.4, -0.2) is 51.9 Å². The van der Waals surface area contributed by atoms with Crippen molar-refractivity contribution in [3.8, 4) is 10.7 Å². The van der Waals surface area contributed by atoms with E-state index in [9.17, 15) is 13.2 Å². The van der Waals surface area contributed by atoms with Crippen LogP contribution in [0, 0.1) is 5.92 Å². The molecule has 2 aromatic rings. The summed E-state index contributed by atoms with van der Waals surface area (Å²) < 4.78 is 25.4. The number of sulfone groups is 1. The van der Waals surface area contributed by atoms with E-state index in [0.717, 1.165) is 29.5 Å². The molecule has 0 bridgehead atoms. The number of thiophene rings is 1. The van der Waals surface area contributed by atoms with E-state index in [1.54, 1.807) is 18.3 Å². The third-order valence-corrected chi connectivity index (χ3v) is 10.3. The minimum Gasteiger partial charge on any atom is -0.349 e. The highest BCUT2D eigenvalue weighted by atomic mass is 32.2. The maximum absolute atomic E-state index is 12.4. The molecule has 1 N–H and O–H groups in total. The first kappa shape index (κ1) is 21.8. The van der Waals surface area contributed by atoms with Crippen LogP contribution in [0.4, 0.5) is 0 Å². The Labute approximate surface area is 186 Å². The molecule has 7 nitrogen and oxygen atoms in total. The van der Waals surface area contributed by atoms with Crippen molar-refractivity contribution in [2.45, 2.75) is 56.6 Å². The van der Waals surface area contributed by atoms with Gasteiger partial charge in [0, 0.05) is 11.9 Å². The molecule has 3 heterocycles. The molecule has 2 aromatic heterocycles. The number of carbonyl (C=O) groups excluding carboxylic acids is 1. The van der Waals surface area contributed by atoms with E-state index >= 15 is 0 Å². The molecular weight excluding hydrogens is 440 g/mol. The standard InChI is InChI=1S/C20H28N4O3S3/c1-4-13-5-6-15-14(9-13)10-16(29-15)18-22-23-19(24(18)3)28-11-17(25)21-20(2)7-8-30(26,27)12-20/h10,13H,4-9,11-12H2,1-3H3,(H,21,25)/t13-,20+/m1/s1. The summed E-state index contributed by atoms with van der Waals surface area (Å²) in [5.41, 5.74) is 0.776. The Morgan fingerprint density at radius 1 is 1.43 bits per heavy atom. The number of nitrogens with zero attached hydrogens (tertiary/aromatic N) is 3. The van der Waals surface area contributed by atoms with Gasteiger partial charge in [-0.2, -0.15) is 0 Å². The lowest BCUT2D eigenvalue weighted by Gasteiger charge is -2.23. The van der Waals surface area contributed by atoms with Gasteiger partial charge < -0.3 is 9.88 Å². The fraction of sp³-hybridized carbons (Fsp3) is 0.650. The average molecular weight is 469 g/mol.